The zero-order chi connectivity index (χ0) is 15.1. The molecule has 0 radical (unpaired) electrons. The maximum Gasteiger partial charge on any atom is 0.174 e. The summed E-state index contributed by atoms with van der Waals surface area (Å²) in [5.74, 6) is 5.67. The van der Waals surface area contributed by atoms with Gasteiger partial charge in [0.1, 0.15) is 0 Å². The van der Waals surface area contributed by atoms with Crippen LogP contribution in [0.25, 0.3) is 0 Å². The van der Waals surface area contributed by atoms with Crippen molar-refractivity contribution in [2.45, 2.75) is 45.9 Å². The lowest BCUT2D eigenvalue weighted by Crippen LogP contribution is -2.48. The van der Waals surface area contributed by atoms with Gasteiger partial charge >= 0.3 is 0 Å². The SMILES string of the molecule is CCOC(OCC)C(Cc1c(Br)c(CC)nn1C)NN. The monoisotopic (exact) mass is 348 g/mol. The highest BCUT2D eigenvalue weighted by Gasteiger charge is 2.25. The van der Waals surface area contributed by atoms with E-state index >= 15 is 0 Å². The van der Waals surface area contributed by atoms with Gasteiger partial charge in [0.15, 0.2) is 6.29 Å². The van der Waals surface area contributed by atoms with Gasteiger partial charge in [0.05, 0.1) is 21.9 Å². The number of hydrogen-bond donors (Lipinski definition) is 2. The second-order valence-corrected chi connectivity index (χ2v) is 5.23. The van der Waals surface area contributed by atoms with Crippen molar-refractivity contribution in [1.29, 1.82) is 0 Å². The van der Waals surface area contributed by atoms with Gasteiger partial charge in [0.25, 0.3) is 0 Å². The second kappa shape index (κ2) is 8.74. The molecule has 0 saturated carbocycles. The number of rotatable bonds is 9. The van der Waals surface area contributed by atoms with Gasteiger partial charge in [0, 0.05) is 26.7 Å². The van der Waals surface area contributed by atoms with Crippen molar-refractivity contribution < 1.29 is 9.47 Å². The molecule has 1 rings (SSSR count). The summed E-state index contributed by atoms with van der Waals surface area (Å²) in [6, 6.07) is -0.133. The number of nitrogens with zero attached hydrogens (tertiary/aromatic N) is 2. The minimum Gasteiger partial charge on any atom is -0.351 e. The average Bonchev–Trinajstić information content (AvgIpc) is 2.71. The maximum absolute atomic E-state index is 5.67. The molecule has 0 bridgehead atoms. The Balaban J connectivity index is 2.89. The number of nitrogens with one attached hydrogen (secondary N) is 1. The molecule has 3 N–H and O–H groups in total. The first-order valence-electron chi connectivity index (χ1n) is 6.98. The predicted molar refractivity (Wildman–Crippen MR) is 82.1 cm³/mol. The van der Waals surface area contributed by atoms with Crippen LogP contribution < -0.4 is 11.3 Å². The van der Waals surface area contributed by atoms with Gasteiger partial charge in [-0.3, -0.25) is 16.0 Å². The van der Waals surface area contributed by atoms with Crippen LogP contribution in [0.5, 0.6) is 0 Å². The highest BCUT2D eigenvalue weighted by molar-refractivity contribution is 9.10. The van der Waals surface area contributed by atoms with E-state index < -0.39 is 0 Å². The lowest BCUT2D eigenvalue weighted by Gasteiger charge is -2.26. The first-order valence-corrected chi connectivity index (χ1v) is 7.77. The number of halogens is 1. The molecule has 1 aromatic rings. The molecule has 0 aromatic carbocycles. The van der Waals surface area contributed by atoms with Crippen molar-refractivity contribution in [3.05, 3.63) is 15.9 Å². The Morgan fingerprint density at radius 2 is 1.90 bits per heavy atom. The molecule has 0 aliphatic heterocycles. The fourth-order valence-electron chi connectivity index (χ4n) is 2.09. The molecule has 0 amide bonds. The second-order valence-electron chi connectivity index (χ2n) is 4.44. The molecular weight excluding hydrogens is 324 g/mol. The zero-order valence-electron chi connectivity index (χ0n) is 12.6. The topological polar surface area (TPSA) is 74.3 Å². The Kier molecular flexibility index (Phi) is 7.68. The summed E-state index contributed by atoms with van der Waals surface area (Å²) in [5.41, 5.74) is 4.91. The lowest BCUT2D eigenvalue weighted by atomic mass is 10.1. The molecule has 7 heteroatoms. The minimum atomic E-state index is -0.373. The van der Waals surface area contributed by atoms with Crippen LogP contribution in [-0.2, 0) is 29.4 Å². The van der Waals surface area contributed by atoms with Crippen LogP contribution in [0.1, 0.15) is 32.2 Å². The van der Waals surface area contributed by atoms with E-state index in [0.29, 0.717) is 19.6 Å². The van der Waals surface area contributed by atoms with E-state index in [2.05, 4.69) is 33.4 Å². The fraction of sp³-hybridized carbons (Fsp3) is 0.769. The summed E-state index contributed by atoms with van der Waals surface area (Å²) in [4.78, 5) is 0. The van der Waals surface area contributed by atoms with Crippen molar-refractivity contribution >= 4 is 15.9 Å². The first-order chi connectivity index (χ1) is 9.58. The molecule has 0 aliphatic carbocycles. The van der Waals surface area contributed by atoms with Crippen LogP contribution >= 0.6 is 15.9 Å². The van der Waals surface area contributed by atoms with E-state index in [-0.39, 0.29) is 12.3 Å². The van der Waals surface area contributed by atoms with Crippen LogP contribution in [0.3, 0.4) is 0 Å². The van der Waals surface area contributed by atoms with E-state index in [9.17, 15) is 0 Å². The highest BCUT2D eigenvalue weighted by atomic mass is 79.9. The molecule has 0 aliphatic rings. The minimum absolute atomic E-state index is 0.133. The standard InChI is InChI=1S/C13H25BrN4O2/c1-5-9-12(14)11(18(4)17-9)8-10(16-15)13(19-6-2)20-7-3/h10,13,16H,5-8,15H2,1-4H3. The number of nitrogens with two attached hydrogens (primary N) is 1. The van der Waals surface area contributed by atoms with Crippen LogP contribution in [0.2, 0.25) is 0 Å². The highest BCUT2D eigenvalue weighted by Crippen LogP contribution is 2.23. The van der Waals surface area contributed by atoms with Crippen molar-refractivity contribution in [2.24, 2.45) is 12.9 Å². The third-order valence-corrected chi connectivity index (χ3v) is 4.04. The maximum atomic E-state index is 5.67. The molecule has 116 valence electrons. The van der Waals surface area contributed by atoms with E-state index in [0.717, 1.165) is 22.3 Å². The summed E-state index contributed by atoms with van der Waals surface area (Å²) in [6.45, 7) is 7.12. The lowest BCUT2D eigenvalue weighted by molar-refractivity contribution is -0.154. The van der Waals surface area contributed by atoms with Crippen molar-refractivity contribution in [2.75, 3.05) is 13.2 Å². The summed E-state index contributed by atoms with van der Waals surface area (Å²) in [6.07, 6.45) is 1.18. The first kappa shape index (κ1) is 17.6. The van der Waals surface area contributed by atoms with Gasteiger partial charge in [0.2, 0.25) is 0 Å². The Morgan fingerprint density at radius 3 is 2.30 bits per heavy atom. The molecule has 1 atom stereocenters. The molecule has 0 spiro atoms. The smallest absolute Gasteiger partial charge is 0.174 e. The Labute approximate surface area is 129 Å². The Morgan fingerprint density at radius 1 is 1.30 bits per heavy atom. The Hall–Kier alpha value is -0.470. The predicted octanol–water partition coefficient (Wildman–Crippen LogP) is 1.52. The number of hydrazine groups is 1. The molecule has 1 heterocycles. The van der Waals surface area contributed by atoms with Crippen molar-refractivity contribution in [1.82, 2.24) is 15.2 Å². The van der Waals surface area contributed by atoms with Crippen LogP contribution in [0, 0.1) is 0 Å². The van der Waals surface area contributed by atoms with Gasteiger partial charge in [-0.25, -0.2) is 0 Å². The Bertz CT molecular complexity index is 405. The van der Waals surface area contributed by atoms with Crippen LogP contribution in [0.15, 0.2) is 4.47 Å². The van der Waals surface area contributed by atoms with E-state index in [1.54, 1.807) is 0 Å². The van der Waals surface area contributed by atoms with Gasteiger partial charge < -0.3 is 9.47 Å². The summed E-state index contributed by atoms with van der Waals surface area (Å²) in [7, 11) is 1.93. The molecule has 1 unspecified atom stereocenters. The number of ether oxygens (including phenoxy) is 2. The van der Waals surface area contributed by atoms with E-state index in [4.69, 9.17) is 15.3 Å². The largest absolute Gasteiger partial charge is 0.351 e. The number of hydrogen-bond acceptors (Lipinski definition) is 5. The molecular formula is C13H25BrN4O2. The van der Waals surface area contributed by atoms with Gasteiger partial charge in [-0.1, -0.05) is 6.92 Å². The summed E-state index contributed by atoms with van der Waals surface area (Å²) in [5, 5.41) is 4.49. The van der Waals surface area contributed by atoms with Crippen molar-refractivity contribution in [3.63, 3.8) is 0 Å². The zero-order valence-corrected chi connectivity index (χ0v) is 14.2. The molecule has 0 saturated heterocycles. The van der Waals surface area contributed by atoms with Gasteiger partial charge in [-0.15, -0.1) is 0 Å². The molecule has 6 nitrogen and oxygen atoms in total. The van der Waals surface area contributed by atoms with Gasteiger partial charge in [-0.05, 0) is 36.2 Å². The summed E-state index contributed by atoms with van der Waals surface area (Å²) < 4.78 is 14.1. The van der Waals surface area contributed by atoms with Crippen molar-refractivity contribution in [3.8, 4) is 0 Å². The third kappa shape index (κ3) is 4.26. The normalized spacial score (nSPS) is 13.2. The average molecular weight is 349 g/mol. The molecule has 20 heavy (non-hydrogen) atoms. The third-order valence-electron chi connectivity index (χ3n) is 3.12. The van der Waals surface area contributed by atoms with Gasteiger partial charge in [-0.2, -0.15) is 5.10 Å². The quantitative estimate of drug-likeness (QED) is 0.402. The molecule has 1 aromatic heterocycles. The fourth-order valence-corrected chi connectivity index (χ4v) is 2.87. The van der Waals surface area contributed by atoms with E-state index in [1.165, 1.54) is 0 Å². The summed E-state index contributed by atoms with van der Waals surface area (Å²) >= 11 is 3.61. The van der Waals surface area contributed by atoms with E-state index in [1.807, 2.05) is 25.6 Å². The molecule has 0 fully saturated rings. The van der Waals surface area contributed by atoms with Crippen LogP contribution in [-0.4, -0.2) is 35.3 Å². The number of aryl methyl sites for hydroxylation is 2. The van der Waals surface area contributed by atoms with Crippen LogP contribution in [0.4, 0.5) is 0 Å². The number of aromatic nitrogens is 2.